The van der Waals surface area contributed by atoms with Crippen LogP contribution in [0.25, 0.3) is 11.0 Å². The summed E-state index contributed by atoms with van der Waals surface area (Å²) in [6, 6.07) is 5.45. The van der Waals surface area contributed by atoms with Crippen molar-refractivity contribution in [3.8, 4) is 0 Å². The number of fused-ring (bicyclic) bond motifs is 1. The number of hydrogen-bond acceptors (Lipinski definition) is 4. The van der Waals surface area contributed by atoms with Crippen LogP contribution in [0.1, 0.15) is 16.1 Å². The van der Waals surface area contributed by atoms with Gasteiger partial charge in [-0.05, 0) is 25.1 Å². The monoisotopic (exact) mass is 351 g/mol. The molecule has 0 aliphatic carbocycles. The van der Waals surface area contributed by atoms with Crippen molar-refractivity contribution < 1.29 is 18.7 Å². The summed E-state index contributed by atoms with van der Waals surface area (Å²) in [5.74, 6) is -0.937. The summed E-state index contributed by atoms with van der Waals surface area (Å²) in [5, 5.41) is 3.34. The number of hydrogen-bond donors (Lipinski definition) is 1. The maximum atomic E-state index is 12.0. The standard InChI is InChI=1S/C15H14BrNO4/c1-3-6-17-13(18)8-20-15(19)14-9(2)11-7-10(16)4-5-12(11)21-14/h3-5,7H,1,6,8H2,2H3,(H,17,18). The van der Waals surface area contributed by atoms with E-state index in [1.165, 1.54) is 0 Å². The fourth-order valence-electron chi connectivity index (χ4n) is 1.82. The number of carbonyl (C=O) groups is 2. The van der Waals surface area contributed by atoms with Crippen LogP contribution >= 0.6 is 15.9 Å². The lowest BCUT2D eigenvalue weighted by Gasteiger charge is -2.03. The molecule has 2 aromatic rings. The molecule has 21 heavy (non-hydrogen) atoms. The molecule has 0 atom stereocenters. The smallest absolute Gasteiger partial charge is 0.375 e. The second-order valence-corrected chi connectivity index (χ2v) is 5.28. The van der Waals surface area contributed by atoms with Gasteiger partial charge in [0.25, 0.3) is 5.91 Å². The molecule has 5 nitrogen and oxygen atoms in total. The van der Waals surface area contributed by atoms with Crippen molar-refractivity contribution in [2.45, 2.75) is 6.92 Å². The van der Waals surface area contributed by atoms with Gasteiger partial charge in [-0.15, -0.1) is 6.58 Å². The third-order valence-corrected chi connectivity index (χ3v) is 3.35. The highest BCUT2D eigenvalue weighted by molar-refractivity contribution is 9.10. The number of carbonyl (C=O) groups excluding carboxylic acids is 2. The molecular formula is C15H14BrNO4. The van der Waals surface area contributed by atoms with Crippen LogP contribution in [0.2, 0.25) is 0 Å². The van der Waals surface area contributed by atoms with Crippen molar-refractivity contribution in [3.63, 3.8) is 0 Å². The lowest BCUT2D eigenvalue weighted by Crippen LogP contribution is -2.28. The maximum Gasteiger partial charge on any atom is 0.375 e. The first-order valence-electron chi connectivity index (χ1n) is 6.26. The molecule has 0 bridgehead atoms. The van der Waals surface area contributed by atoms with Gasteiger partial charge in [0.05, 0.1) is 0 Å². The van der Waals surface area contributed by atoms with Crippen LogP contribution in [0.5, 0.6) is 0 Å². The van der Waals surface area contributed by atoms with Crippen molar-refractivity contribution in [1.29, 1.82) is 0 Å². The first-order valence-corrected chi connectivity index (χ1v) is 7.05. The Labute approximate surface area is 130 Å². The van der Waals surface area contributed by atoms with E-state index in [9.17, 15) is 9.59 Å². The van der Waals surface area contributed by atoms with Crippen LogP contribution in [-0.4, -0.2) is 25.0 Å². The van der Waals surface area contributed by atoms with Crippen molar-refractivity contribution in [3.05, 3.63) is 46.7 Å². The molecule has 2 rings (SSSR count). The molecule has 0 aliphatic heterocycles. The van der Waals surface area contributed by atoms with Gasteiger partial charge in [0, 0.05) is 22.0 Å². The van der Waals surface area contributed by atoms with E-state index in [0.29, 0.717) is 17.7 Å². The summed E-state index contributed by atoms with van der Waals surface area (Å²) in [7, 11) is 0. The number of aryl methyl sites for hydroxylation is 1. The van der Waals surface area contributed by atoms with Crippen LogP contribution in [0.4, 0.5) is 0 Å². The van der Waals surface area contributed by atoms with Gasteiger partial charge in [-0.3, -0.25) is 4.79 Å². The van der Waals surface area contributed by atoms with Gasteiger partial charge < -0.3 is 14.5 Å². The number of rotatable bonds is 5. The molecule has 0 aliphatic rings. The lowest BCUT2D eigenvalue weighted by atomic mass is 10.1. The Hall–Kier alpha value is -2.08. The van der Waals surface area contributed by atoms with Gasteiger partial charge in [-0.2, -0.15) is 0 Å². The molecule has 0 fully saturated rings. The highest BCUT2D eigenvalue weighted by Crippen LogP contribution is 2.28. The Morgan fingerprint density at radius 2 is 2.24 bits per heavy atom. The molecule has 1 aromatic heterocycles. The summed E-state index contributed by atoms with van der Waals surface area (Å²) >= 11 is 3.37. The Morgan fingerprint density at radius 3 is 2.95 bits per heavy atom. The van der Waals surface area contributed by atoms with E-state index in [1.807, 2.05) is 12.1 Å². The molecule has 1 aromatic carbocycles. The minimum absolute atomic E-state index is 0.111. The molecule has 1 amide bonds. The largest absolute Gasteiger partial charge is 0.450 e. The Kier molecular flexibility index (Phi) is 4.80. The fourth-order valence-corrected chi connectivity index (χ4v) is 2.18. The Balaban J connectivity index is 2.11. The second kappa shape index (κ2) is 6.58. The number of amides is 1. The molecule has 1 heterocycles. The van der Waals surface area contributed by atoms with Crippen LogP contribution in [-0.2, 0) is 9.53 Å². The highest BCUT2D eigenvalue weighted by atomic mass is 79.9. The number of benzene rings is 1. The third-order valence-electron chi connectivity index (χ3n) is 2.86. The zero-order valence-electron chi connectivity index (χ0n) is 11.4. The quantitative estimate of drug-likeness (QED) is 0.664. The van der Waals surface area contributed by atoms with E-state index in [-0.39, 0.29) is 18.3 Å². The average molecular weight is 352 g/mol. The van der Waals surface area contributed by atoms with E-state index in [2.05, 4.69) is 27.8 Å². The van der Waals surface area contributed by atoms with E-state index in [4.69, 9.17) is 9.15 Å². The second-order valence-electron chi connectivity index (χ2n) is 4.37. The van der Waals surface area contributed by atoms with Crippen LogP contribution in [0.15, 0.2) is 39.7 Å². The van der Waals surface area contributed by atoms with Crippen molar-refractivity contribution in [2.75, 3.05) is 13.2 Å². The van der Waals surface area contributed by atoms with Gasteiger partial charge in [-0.25, -0.2) is 4.79 Å². The van der Waals surface area contributed by atoms with Crippen LogP contribution in [0.3, 0.4) is 0 Å². The van der Waals surface area contributed by atoms with E-state index in [1.54, 1.807) is 19.1 Å². The maximum absolute atomic E-state index is 12.0. The number of nitrogens with one attached hydrogen (secondary N) is 1. The number of ether oxygens (including phenoxy) is 1. The minimum atomic E-state index is -0.659. The van der Waals surface area contributed by atoms with Crippen molar-refractivity contribution >= 4 is 38.8 Å². The molecule has 110 valence electrons. The lowest BCUT2D eigenvalue weighted by molar-refractivity contribution is -0.124. The number of furan rings is 1. The summed E-state index contributed by atoms with van der Waals surface area (Å²) in [6.07, 6.45) is 1.54. The molecule has 0 unspecified atom stereocenters. The first kappa shape index (κ1) is 15.3. The summed E-state index contributed by atoms with van der Waals surface area (Å²) in [6.45, 7) is 5.22. The highest BCUT2D eigenvalue weighted by Gasteiger charge is 2.20. The van der Waals surface area contributed by atoms with Crippen LogP contribution in [0, 0.1) is 6.92 Å². The first-order chi connectivity index (χ1) is 10.0. The summed E-state index contributed by atoms with van der Waals surface area (Å²) < 4.78 is 11.3. The van der Waals surface area contributed by atoms with Gasteiger partial charge >= 0.3 is 5.97 Å². The topological polar surface area (TPSA) is 68.5 Å². The van der Waals surface area contributed by atoms with E-state index in [0.717, 1.165) is 9.86 Å². The zero-order valence-corrected chi connectivity index (χ0v) is 13.0. The molecule has 0 spiro atoms. The predicted octanol–water partition coefficient (Wildman–Crippen LogP) is 2.96. The Morgan fingerprint density at radius 1 is 1.48 bits per heavy atom. The van der Waals surface area contributed by atoms with E-state index >= 15 is 0 Å². The van der Waals surface area contributed by atoms with Crippen LogP contribution < -0.4 is 5.32 Å². The molecule has 0 saturated carbocycles. The van der Waals surface area contributed by atoms with Gasteiger partial charge in [0.15, 0.2) is 6.61 Å². The van der Waals surface area contributed by atoms with Gasteiger partial charge in [-0.1, -0.05) is 22.0 Å². The minimum Gasteiger partial charge on any atom is -0.450 e. The van der Waals surface area contributed by atoms with Gasteiger partial charge in [0.2, 0.25) is 5.76 Å². The van der Waals surface area contributed by atoms with Crippen molar-refractivity contribution in [2.24, 2.45) is 0 Å². The molecule has 1 N–H and O–H groups in total. The molecule has 6 heteroatoms. The molecular weight excluding hydrogens is 338 g/mol. The van der Waals surface area contributed by atoms with E-state index < -0.39 is 5.97 Å². The number of halogens is 1. The fraction of sp³-hybridized carbons (Fsp3) is 0.200. The average Bonchev–Trinajstić information content (AvgIpc) is 2.79. The Bertz CT molecular complexity index is 705. The predicted molar refractivity (Wildman–Crippen MR) is 82.1 cm³/mol. The molecule has 0 saturated heterocycles. The third kappa shape index (κ3) is 3.52. The SMILES string of the molecule is C=CCNC(=O)COC(=O)c1oc2ccc(Br)cc2c1C. The normalized spacial score (nSPS) is 10.4. The molecule has 0 radical (unpaired) electrons. The number of esters is 1. The summed E-state index contributed by atoms with van der Waals surface area (Å²) in [4.78, 5) is 23.3. The zero-order chi connectivity index (χ0) is 15.4. The summed E-state index contributed by atoms with van der Waals surface area (Å²) in [5.41, 5.74) is 1.28. The van der Waals surface area contributed by atoms with Gasteiger partial charge in [0.1, 0.15) is 5.58 Å². The van der Waals surface area contributed by atoms with Crippen molar-refractivity contribution in [1.82, 2.24) is 5.32 Å².